The first-order valence-electron chi connectivity index (χ1n) is 11.0. The fourth-order valence-electron chi connectivity index (χ4n) is 3.50. The van der Waals surface area contributed by atoms with Crippen molar-refractivity contribution in [1.82, 2.24) is 20.2 Å². The van der Waals surface area contributed by atoms with Crippen LogP contribution in [0.1, 0.15) is 5.56 Å². The van der Waals surface area contributed by atoms with Crippen LogP contribution in [-0.2, 0) is 9.59 Å². The smallest absolute Gasteiger partial charge is 0.250 e. The third-order valence-electron chi connectivity index (χ3n) is 5.40. The number of halogens is 1. The SMILES string of the molecule is CN1CCN(c2ccc(Nc3ncc(Cl)c(Oc4cccc(C=CC(=O)NC=O)c4)n3)cc2)CC1. The van der Waals surface area contributed by atoms with E-state index in [0.717, 1.165) is 31.9 Å². The first-order valence-corrected chi connectivity index (χ1v) is 11.4. The van der Waals surface area contributed by atoms with Crippen LogP contribution in [0.15, 0.2) is 60.8 Å². The van der Waals surface area contributed by atoms with Gasteiger partial charge in [0.2, 0.25) is 24.1 Å². The van der Waals surface area contributed by atoms with Crippen LogP contribution < -0.4 is 20.3 Å². The van der Waals surface area contributed by atoms with Crippen molar-refractivity contribution in [3.63, 3.8) is 0 Å². The van der Waals surface area contributed by atoms with Gasteiger partial charge in [-0.2, -0.15) is 4.98 Å². The van der Waals surface area contributed by atoms with E-state index < -0.39 is 5.91 Å². The number of imide groups is 1. The van der Waals surface area contributed by atoms with Crippen molar-refractivity contribution in [3.05, 3.63) is 71.4 Å². The van der Waals surface area contributed by atoms with Gasteiger partial charge in [0.15, 0.2) is 0 Å². The average Bonchev–Trinajstić information content (AvgIpc) is 2.86. The Labute approximate surface area is 208 Å². The molecule has 2 N–H and O–H groups in total. The molecule has 1 aliphatic rings. The summed E-state index contributed by atoms with van der Waals surface area (Å²) in [6.45, 7) is 4.12. The van der Waals surface area contributed by atoms with Crippen molar-refractivity contribution in [2.24, 2.45) is 0 Å². The topological polar surface area (TPSA) is 99.7 Å². The molecule has 0 atom stereocenters. The monoisotopic (exact) mass is 492 g/mol. The number of hydrogen-bond acceptors (Lipinski definition) is 8. The number of likely N-dealkylation sites (N-methyl/N-ethyl adjacent to an activating group) is 1. The van der Waals surface area contributed by atoms with Gasteiger partial charge in [-0.15, -0.1) is 0 Å². The highest BCUT2D eigenvalue weighted by atomic mass is 35.5. The van der Waals surface area contributed by atoms with Gasteiger partial charge < -0.3 is 19.9 Å². The van der Waals surface area contributed by atoms with Crippen LogP contribution in [0.3, 0.4) is 0 Å². The first-order chi connectivity index (χ1) is 17.0. The number of amides is 2. The van der Waals surface area contributed by atoms with Crippen molar-refractivity contribution in [2.75, 3.05) is 43.4 Å². The second-order valence-electron chi connectivity index (χ2n) is 7.94. The van der Waals surface area contributed by atoms with Crippen LogP contribution in [-0.4, -0.2) is 60.4 Å². The van der Waals surface area contributed by atoms with Gasteiger partial charge in [0.05, 0.1) is 6.20 Å². The van der Waals surface area contributed by atoms with Crippen LogP contribution in [0.2, 0.25) is 5.02 Å². The number of carbonyl (C=O) groups is 2. The number of nitrogens with zero attached hydrogens (tertiary/aromatic N) is 4. The maximum absolute atomic E-state index is 11.4. The maximum Gasteiger partial charge on any atom is 0.250 e. The molecule has 0 bridgehead atoms. The van der Waals surface area contributed by atoms with Crippen molar-refractivity contribution in [1.29, 1.82) is 0 Å². The minimum absolute atomic E-state index is 0.193. The lowest BCUT2D eigenvalue weighted by Gasteiger charge is -2.34. The Bertz CT molecular complexity index is 1210. The van der Waals surface area contributed by atoms with Crippen molar-refractivity contribution in [3.8, 4) is 11.6 Å². The molecule has 1 aromatic heterocycles. The Morgan fingerprint density at radius 3 is 2.63 bits per heavy atom. The Morgan fingerprint density at radius 1 is 1.11 bits per heavy atom. The minimum atomic E-state index is -0.516. The lowest BCUT2D eigenvalue weighted by atomic mass is 10.2. The zero-order chi connectivity index (χ0) is 24.6. The minimum Gasteiger partial charge on any atom is -0.437 e. The van der Waals surface area contributed by atoms with Crippen LogP contribution >= 0.6 is 11.6 Å². The molecular formula is C25H25ClN6O3. The van der Waals surface area contributed by atoms with Gasteiger partial charge in [-0.05, 0) is 55.1 Å². The number of hydrogen-bond donors (Lipinski definition) is 2. The van der Waals surface area contributed by atoms with E-state index in [-0.39, 0.29) is 10.9 Å². The molecule has 10 heteroatoms. The Morgan fingerprint density at radius 2 is 1.89 bits per heavy atom. The lowest BCUT2D eigenvalue weighted by Crippen LogP contribution is -2.44. The van der Waals surface area contributed by atoms with Crippen LogP contribution in [0, 0.1) is 0 Å². The second-order valence-corrected chi connectivity index (χ2v) is 8.35. The standard InChI is InChI=1S/C25H25ClN6O3/c1-31-11-13-32(14-12-31)20-8-6-19(7-9-20)29-25-27-16-22(26)24(30-25)35-21-4-2-3-18(15-21)5-10-23(34)28-17-33/h2-10,15-17H,11-14H2,1H3,(H,27,29,30)(H,28,33,34). The molecule has 0 unspecified atom stereocenters. The summed E-state index contributed by atoms with van der Waals surface area (Å²) >= 11 is 6.26. The molecule has 1 fully saturated rings. The first kappa shape index (κ1) is 24.2. The van der Waals surface area contributed by atoms with Gasteiger partial charge in [-0.1, -0.05) is 23.7 Å². The van der Waals surface area contributed by atoms with Crippen molar-refractivity contribution in [2.45, 2.75) is 0 Å². The lowest BCUT2D eigenvalue weighted by molar-refractivity contribution is -0.121. The van der Waals surface area contributed by atoms with Crippen molar-refractivity contribution < 1.29 is 14.3 Å². The number of nitrogens with one attached hydrogen (secondary N) is 2. The van der Waals surface area contributed by atoms with Crippen LogP contribution in [0.25, 0.3) is 6.08 Å². The zero-order valence-corrected chi connectivity index (χ0v) is 19.9. The second kappa shape index (κ2) is 11.5. The Balaban J connectivity index is 1.42. The molecule has 0 aliphatic carbocycles. The van der Waals surface area contributed by atoms with Gasteiger partial charge in [0.1, 0.15) is 10.8 Å². The molecule has 1 saturated heterocycles. The molecule has 1 aliphatic heterocycles. The summed E-state index contributed by atoms with van der Waals surface area (Å²) in [6, 6.07) is 15.1. The van der Waals surface area contributed by atoms with E-state index in [4.69, 9.17) is 16.3 Å². The summed E-state index contributed by atoms with van der Waals surface area (Å²) < 4.78 is 5.87. The van der Waals surface area contributed by atoms with E-state index in [1.54, 1.807) is 30.3 Å². The normalized spacial score (nSPS) is 14.1. The zero-order valence-electron chi connectivity index (χ0n) is 19.1. The van der Waals surface area contributed by atoms with Gasteiger partial charge in [-0.3, -0.25) is 14.9 Å². The third-order valence-corrected chi connectivity index (χ3v) is 5.66. The predicted octanol–water partition coefficient (Wildman–Crippen LogP) is 3.70. The number of ether oxygens (including phenoxy) is 1. The summed E-state index contributed by atoms with van der Waals surface area (Å²) in [7, 11) is 2.14. The molecule has 180 valence electrons. The van der Waals surface area contributed by atoms with Crippen molar-refractivity contribution >= 4 is 47.3 Å². The Kier molecular flexibility index (Phi) is 7.92. The van der Waals surface area contributed by atoms with E-state index in [1.165, 1.54) is 18.0 Å². The number of carbonyl (C=O) groups excluding carboxylic acids is 2. The van der Waals surface area contributed by atoms with E-state index in [1.807, 2.05) is 17.4 Å². The van der Waals surface area contributed by atoms with Gasteiger partial charge in [0.25, 0.3) is 0 Å². The summed E-state index contributed by atoms with van der Waals surface area (Å²) in [6.07, 6.45) is 4.61. The highest BCUT2D eigenvalue weighted by Gasteiger charge is 2.14. The summed E-state index contributed by atoms with van der Waals surface area (Å²) in [5, 5.41) is 5.48. The van der Waals surface area contributed by atoms with Gasteiger partial charge in [0, 0.05) is 43.6 Å². The number of piperazine rings is 1. The molecular weight excluding hydrogens is 468 g/mol. The average molecular weight is 493 g/mol. The van der Waals surface area contributed by atoms with E-state index in [9.17, 15) is 9.59 Å². The molecule has 9 nitrogen and oxygen atoms in total. The van der Waals surface area contributed by atoms with E-state index >= 15 is 0 Å². The summed E-state index contributed by atoms with van der Waals surface area (Å²) in [5.74, 6) is 0.500. The number of aromatic nitrogens is 2. The predicted molar refractivity (Wildman–Crippen MR) is 136 cm³/mol. The molecule has 2 aromatic carbocycles. The molecule has 0 radical (unpaired) electrons. The van der Waals surface area contributed by atoms with E-state index in [2.05, 4.69) is 44.3 Å². The largest absolute Gasteiger partial charge is 0.437 e. The molecule has 35 heavy (non-hydrogen) atoms. The fourth-order valence-corrected chi connectivity index (χ4v) is 3.63. The molecule has 2 amide bonds. The van der Waals surface area contributed by atoms with E-state index in [0.29, 0.717) is 23.7 Å². The maximum atomic E-state index is 11.4. The summed E-state index contributed by atoms with van der Waals surface area (Å²) in [5.41, 5.74) is 2.73. The fraction of sp³-hybridized carbons (Fsp3) is 0.200. The molecule has 0 saturated carbocycles. The molecule has 0 spiro atoms. The van der Waals surface area contributed by atoms with Crippen LogP contribution in [0.4, 0.5) is 17.3 Å². The molecule has 4 rings (SSSR count). The molecule has 3 aromatic rings. The summed E-state index contributed by atoms with van der Waals surface area (Å²) in [4.78, 5) is 35.1. The van der Waals surface area contributed by atoms with Gasteiger partial charge >= 0.3 is 0 Å². The number of anilines is 3. The Hall–Kier alpha value is -3.95. The quantitative estimate of drug-likeness (QED) is 0.362. The molecule has 2 heterocycles. The highest BCUT2D eigenvalue weighted by Crippen LogP contribution is 2.29. The highest BCUT2D eigenvalue weighted by molar-refractivity contribution is 6.31. The number of benzene rings is 2. The number of rotatable bonds is 8. The van der Waals surface area contributed by atoms with Gasteiger partial charge in [-0.25, -0.2) is 4.98 Å². The van der Waals surface area contributed by atoms with Crippen LogP contribution in [0.5, 0.6) is 11.6 Å². The third kappa shape index (κ3) is 6.78.